The Hall–Kier alpha value is 0.340. The van der Waals surface area contributed by atoms with E-state index in [1.165, 1.54) is 0 Å². The minimum absolute atomic E-state index is 0.294. The maximum Gasteiger partial charge on any atom is 0.241 e. The Morgan fingerprint density at radius 3 is 2.73 bits per heavy atom. The van der Waals surface area contributed by atoms with Gasteiger partial charge in [-0.1, -0.05) is 6.92 Å². The average Bonchev–Trinajstić information content (AvgIpc) is 2.18. The minimum atomic E-state index is -3.38. The maximum absolute atomic E-state index is 11.8. The molecule has 1 N–H and O–H groups in total. The summed E-state index contributed by atoms with van der Waals surface area (Å²) in [4.78, 5) is 0.294. The first-order chi connectivity index (χ1) is 6.97. The quantitative estimate of drug-likeness (QED) is 0.785. The lowest BCUT2D eigenvalue weighted by Gasteiger charge is -2.07. The fourth-order valence-corrected chi connectivity index (χ4v) is 3.82. The monoisotopic (exact) mass is 403 g/mol. The zero-order valence-electron chi connectivity index (χ0n) is 8.13. The van der Waals surface area contributed by atoms with Crippen molar-refractivity contribution in [1.29, 1.82) is 0 Å². The largest absolute Gasteiger partial charge is 0.241 e. The van der Waals surface area contributed by atoms with Gasteiger partial charge in [-0.15, -0.1) is 0 Å². The van der Waals surface area contributed by atoms with Crippen LogP contribution >= 0.6 is 38.5 Å². The predicted molar refractivity (Wildman–Crippen MR) is 72.3 cm³/mol. The number of benzene rings is 1. The third-order valence-electron chi connectivity index (χ3n) is 1.72. The molecule has 0 heterocycles. The second-order valence-electron chi connectivity index (χ2n) is 2.97. The van der Waals surface area contributed by atoms with E-state index in [1.54, 1.807) is 12.1 Å². The summed E-state index contributed by atoms with van der Waals surface area (Å²) in [6.07, 6.45) is 0.779. The Kier molecular flexibility index (Phi) is 5.01. The Bertz CT molecular complexity index is 447. The van der Waals surface area contributed by atoms with E-state index < -0.39 is 10.0 Å². The van der Waals surface area contributed by atoms with E-state index in [0.29, 0.717) is 15.9 Å². The molecule has 0 aromatic heterocycles. The van der Waals surface area contributed by atoms with Gasteiger partial charge in [0.2, 0.25) is 10.0 Å². The van der Waals surface area contributed by atoms with Gasteiger partial charge in [0.25, 0.3) is 0 Å². The Morgan fingerprint density at radius 1 is 1.47 bits per heavy atom. The number of nitrogens with one attached hydrogen (secondary N) is 1. The Labute approximate surface area is 112 Å². The summed E-state index contributed by atoms with van der Waals surface area (Å²) in [7, 11) is -3.38. The molecule has 0 atom stereocenters. The van der Waals surface area contributed by atoms with Gasteiger partial charge in [0.15, 0.2) is 0 Å². The van der Waals surface area contributed by atoms with Crippen LogP contribution in [0.15, 0.2) is 27.6 Å². The smallest absolute Gasteiger partial charge is 0.211 e. The highest BCUT2D eigenvalue weighted by atomic mass is 127. The van der Waals surface area contributed by atoms with Crippen molar-refractivity contribution in [3.63, 3.8) is 0 Å². The SMILES string of the molecule is CCCNS(=O)(=O)c1cc(I)ccc1Br. The molecule has 3 nitrogen and oxygen atoms in total. The topological polar surface area (TPSA) is 46.2 Å². The van der Waals surface area contributed by atoms with Crippen LogP contribution in [0.1, 0.15) is 13.3 Å². The normalized spacial score (nSPS) is 11.7. The van der Waals surface area contributed by atoms with E-state index in [0.717, 1.165) is 9.99 Å². The summed E-state index contributed by atoms with van der Waals surface area (Å²) in [6.45, 7) is 2.38. The fourth-order valence-electron chi connectivity index (χ4n) is 0.997. The third kappa shape index (κ3) is 3.69. The summed E-state index contributed by atoms with van der Waals surface area (Å²) < 4.78 is 27.7. The van der Waals surface area contributed by atoms with Crippen LogP contribution in [0.25, 0.3) is 0 Å². The molecule has 0 radical (unpaired) electrons. The van der Waals surface area contributed by atoms with Crippen molar-refractivity contribution in [3.8, 4) is 0 Å². The zero-order chi connectivity index (χ0) is 11.5. The second kappa shape index (κ2) is 5.60. The lowest BCUT2D eigenvalue weighted by Crippen LogP contribution is -2.24. The molecule has 84 valence electrons. The van der Waals surface area contributed by atoms with Crippen LogP contribution in [0.5, 0.6) is 0 Å². The second-order valence-corrected chi connectivity index (χ2v) is 6.81. The molecular formula is C9H11BrINO2S. The van der Waals surface area contributed by atoms with Gasteiger partial charge >= 0.3 is 0 Å². The van der Waals surface area contributed by atoms with Crippen molar-refractivity contribution in [2.24, 2.45) is 0 Å². The van der Waals surface area contributed by atoms with E-state index in [4.69, 9.17) is 0 Å². The zero-order valence-corrected chi connectivity index (χ0v) is 12.7. The lowest BCUT2D eigenvalue weighted by atomic mass is 10.4. The minimum Gasteiger partial charge on any atom is -0.211 e. The number of halogens is 2. The highest BCUT2D eigenvalue weighted by molar-refractivity contribution is 14.1. The van der Waals surface area contributed by atoms with Gasteiger partial charge < -0.3 is 0 Å². The van der Waals surface area contributed by atoms with Gasteiger partial charge in [-0.3, -0.25) is 0 Å². The molecule has 0 saturated heterocycles. The highest BCUT2D eigenvalue weighted by Crippen LogP contribution is 2.23. The van der Waals surface area contributed by atoms with Crippen molar-refractivity contribution in [2.75, 3.05) is 6.54 Å². The predicted octanol–water partition coefficient (Wildman–Crippen LogP) is 2.74. The molecule has 0 bridgehead atoms. The molecule has 0 spiro atoms. The van der Waals surface area contributed by atoms with Gasteiger partial charge in [0.1, 0.15) is 0 Å². The van der Waals surface area contributed by atoms with Crippen LogP contribution in [-0.2, 0) is 10.0 Å². The summed E-state index contributed by atoms with van der Waals surface area (Å²) >= 11 is 5.32. The Morgan fingerprint density at radius 2 is 2.13 bits per heavy atom. The summed E-state index contributed by atoms with van der Waals surface area (Å²) in [5.74, 6) is 0. The molecule has 15 heavy (non-hydrogen) atoms. The number of hydrogen-bond donors (Lipinski definition) is 1. The standard InChI is InChI=1S/C9H11BrINO2S/c1-2-5-12-15(13,14)9-6-7(11)3-4-8(9)10/h3-4,6,12H,2,5H2,1H3. The average molecular weight is 404 g/mol. The van der Waals surface area contributed by atoms with Gasteiger partial charge in [0.05, 0.1) is 4.90 Å². The van der Waals surface area contributed by atoms with Crippen molar-refractivity contribution >= 4 is 48.5 Å². The molecule has 0 aliphatic carbocycles. The summed E-state index contributed by atoms with van der Waals surface area (Å²) in [5, 5.41) is 0. The van der Waals surface area contributed by atoms with Crippen molar-refractivity contribution in [2.45, 2.75) is 18.2 Å². The molecule has 6 heteroatoms. The first-order valence-electron chi connectivity index (χ1n) is 4.42. The van der Waals surface area contributed by atoms with Crippen molar-refractivity contribution in [3.05, 3.63) is 26.2 Å². The molecular weight excluding hydrogens is 393 g/mol. The van der Waals surface area contributed by atoms with Gasteiger partial charge in [-0.25, -0.2) is 13.1 Å². The van der Waals surface area contributed by atoms with Gasteiger partial charge in [-0.2, -0.15) is 0 Å². The first kappa shape index (κ1) is 13.4. The fraction of sp³-hybridized carbons (Fsp3) is 0.333. The van der Waals surface area contributed by atoms with E-state index in [9.17, 15) is 8.42 Å². The number of hydrogen-bond acceptors (Lipinski definition) is 2. The molecule has 0 aliphatic rings. The molecule has 0 aliphatic heterocycles. The van der Waals surface area contributed by atoms with Crippen LogP contribution in [0.3, 0.4) is 0 Å². The van der Waals surface area contributed by atoms with E-state index in [2.05, 4.69) is 43.2 Å². The lowest BCUT2D eigenvalue weighted by molar-refractivity contribution is 0.580. The molecule has 1 aromatic rings. The number of rotatable bonds is 4. The van der Waals surface area contributed by atoms with E-state index in [1.807, 2.05) is 13.0 Å². The van der Waals surface area contributed by atoms with Crippen LogP contribution < -0.4 is 4.72 Å². The van der Waals surface area contributed by atoms with E-state index in [-0.39, 0.29) is 0 Å². The maximum atomic E-state index is 11.8. The molecule has 1 rings (SSSR count). The molecule has 0 saturated carbocycles. The summed E-state index contributed by atoms with van der Waals surface area (Å²) in [5.41, 5.74) is 0. The third-order valence-corrected chi connectivity index (χ3v) is 4.85. The number of sulfonamides is 1. The first-order valence-corrected chi connectivity index (χ1v) is 7.77. The summed E-state index contributed by atoms with van der Waals surface area (Å²) in [6, 6.07) is 5.23. The van der Waals surface area contributed by atoms with Crippen LogP contribution in [0, 0.1) is 3.57 Å². The van der Waals surface area contributed by atoms with Crippen LogP contribution in [0.2, 0.25) is 0 Å². The molecule has 1 aromatic carbocycles. The van der Waals surface area contributed by atoms with Gasteiger partial charge in [0, 0.05) is 14.6 Å². The molecule has 0 amide bonds. The van der Waals surface area contributed by atoms with Crippen LogP contribution in [-0.4, -0.2) is 15.0 Å². The molecule has 0 unspecified atom stereocenters. The highest BCUT2D eigenvalue weighted by Gasteiger charge is 2.16. The van der Waals surface area contributed by atoms with Crippen LogP contribution in [0.4, 0.5) is 0 Å². The molecule has 0 fully saturated rings. The van der Waals surface area contributed by atoms with Crippen molar-refractivity contribution < 1.29 is 8.42 Å². The van der Waals surface area contributed by atoms with E-state index >= 15 is 0 Å². The van der Waals surface area contributed by atoms with Gasteiger partial charge in [-0.05, 0) is 63.1 Å². The Balaban J connectivity index is 3.09. The van der Waals surface area contributed by atoms with Crippen molar-refractivity contribution in [1.82, 2.24) is 4.72 Å².